The third kappa shape index (κ3) is 2.26. The van der Waals surface area contributed by atoms with Gasteiger partial charge in [-0.25, -0.2) is 0 Å². The van der Waals surface area contributed by atoms with Crippen molar-refractivity contribution < 1.29 is 8.83 Å². The Morgan fingerprint density at radius 3 is 2.18 bits per heavy atom. The van der Waals surface area contributed by atoms with Crippen LogP contribution in [0.1, 0.15) is 0 Å². The molecule has 28 heavy (non-hydrogen) atoms. The molecule has 0 fully saturated rings. The first-order valence-corrected chi connectivity index (χ1v) is 9.22. The first-order valence-electron chi connectivity index (χ1n) is 9.22. The Balaban J connectivity index is 1.51. The highest BCUT2D eigenvalue weighted by Crippen LogP contribution is 2.38. The average Bonchev–Trinajstić information content (AvgIpc) is 3.30. The van der Waals surface area contributed by atoms with Gasteiger partial charge < -0.3 is 8.83 Å². The Bertz CT molecular complexity index is 1460. The lowest BCUT2D eigenvalue weighted by Gasteiger charge is -2.05. The molecule has 6 rings (SSSR count). The normalized spacial score (nSPS) is 11.6. The zero-order valence-electron chi connectivity index (χ0n) is 14.9. The lowest BCUT2D eigenvalue weighted by molar-refractivity contribution is 0.653. The van der Waals surface area contributed by atoms with Gasteiger partial charge in [0.2, 0.25) is 0 Å². The molecule has 3 aromatic heterocycles. The minimum atomic E-state index is 0.800. The largest absolute Gasteiger partial charge is 0.452 e. The van der Waals surface area contributed by atoms with E-state index in [1.54, 1.807) is 0 Å². The van der Waals surface area contributed by atoms with E-state index in [4.69, 9.17) is 8.83 Å². The van der Waals surface area contributed by atoms with Gasteiger partial charge in [-0.2, -0.15) is 0 Å². The molecule has 0 radical (unpaired) electrons. The fourth-order valence-electron chi connectivity index (χ4n) is 3.76. The lowest BCUT2D eigenvalue weighted by Crippen LogP contribution is -1.85. The van der Waals surface area contributed by atoms with Crippen molar-refractivity contribution in [3.63, 3.8) is 0 Å². The Kier molecular flexibility index (Phi) is 3.17. The number of hydrogen-bond acceptors (Lipinski definition) is 3. The van der Waals surface area contributed by atoms with Crippen LogP contribution < -0.4 is 0 Å². The summed E-state index contributed by atoms with van der Waals surface area (Å²) < 4.78 is 12.2. The first kappa shape index (κ1) is 15.2. The number of rotatable bonds is 2. The third-order valence-corrected chi connectivity index (χ3v) is 5.15. The standard InChI is InChI=1S/C25H15NO2/c1-2-6-16(7-3-1)17-12-13-26-21(14-17)18-10-11-20-23(15-18)28-24-19-8-4-5-9-22(19)27-25(20)24/h1-15H. The first-order chi connectivity index (χ1) is 13.9. The van der Waals surface area contributed by atoms with Crippen molar-refractivity contribution in [3.8, 4) is 22.4 Å². The molecule has 0 saturated carbocycles. The highest BCUT2D eigenvalue weighted by atomic mass is 16.4. The fraction of sp³-hybridized carbons (Fsp3) is 0. The van der Waals surface area contributed by atoms with E-state index in [0.29, 0.717) is 0 Å². The van der Waals surface area contributed by atoms with Gasteiger partial charge in [-0.15, -0.1) is 0 Å². The van der Waals surface area contributed by atoms with Crippen LogP contribution in [0.25, 0.3) is 55.5 Å². The average molecular weight is 361 g/mol. The molecule has 0 saturated heterocycles. The van der Waals surface area contributed by atoms with Gasteiger partial charge in [0, 0.05) is 11.8 Å². The van der Waals surface area contributed by atoms with Gasteiger partial charge in [-0.1, -0.05) is 48.5 Å². The molecular weight excluding hydrogens is 346 g/mol. The number of nitrogens with zero attached hydrogens (tertiary/aromatic N) is 1. The second kappa shape index (κ2) is 5.83. The Morgan fingerprint density at radius 1 is 0.536 bits per heavy atom. The Hall–Kier alpha value is -3.85. The molecule has 0 amide bonds. The van der Waals surface area contributed by atoms with Crippen LogP contribution in [-0.4, -0.2) is 4.98 Å². The van der Waals surface area contributed by atoms with Crippen LogP contribution in [0.4, 0.5) is 0 Å². The summed E-state index contributed by atoms with van der Waals surface area (Å²) in [5.74, 6) is 0. The molecule has 0 aliphatic rings. The summed E-state index contributed by atoms with van der Waals surface area (Å²) in [6.45, 7) is 0. The second-order valence-corrected chi connectivity index (χ2v) is 6.87. The highest BCUT2D eigenvalue weighted by Gasteiger charge is 2.16. The zero-order chi connectivity index (χ0) is 18.5. The molecule has 0 bridgehead atoms. The summed E-state index contributed by atoms with van der Waals surface area (Å²) in [6.07, 6.45) is 1.85. The van der Waals surface area contributed by atoms with Crippen molar-refractivity contribution in [1.29, 1.82) is 0 Å². The molecule has 6 aromatic rings. The summed E-state index contributed by atoms with van der Waals surface area (Å²) in [4.78, 5) is 4.57. The summed E-state index contributed by atoms with van der Waals surface area (Å²) in [5.41, 5.74) is 7.51. The van der Waals surface area contributed by atoms with Gasteiger partial charge in [0.25, 0.3) is 0 Å². The van der Waals surface area contributed by atoms with Crippen LogP contribution in [0.2, 0.25) is 0 Å². The summed E-state index contributed by atoms with van der Waals surface area (Å²) in [5, 5.41) is 1.98. The van der Waals surface area contributed by atoms with E-state index in [1.807, 2.05) is 60.8 Å². The third-order valence-electron chi connectivity index (χ3n) is 5.15. The molecule has 3 aromatic carbocycles. The van der Waals surface area contributed by atoms with Crippen molar-refractivity contribution >= 4 is 33.1 Å². The number of aromatic nitrogens is 1. The van der Waals surface area contributed by atoms with Crippen LogP contribution in [0, 0.1) is 0 Å². The van der Waals surface area contributed by atoms with Crippen molar-refractivity contribution in [1.82, 2.24) is 4.98 Å². The van der Waals surface area contributed by atoms with Crippen LogP contribution >= 0.6 is 0 Å². The van der Waals surface area contributed by atoms with Gasteiger partial charge in [0.05, 0.1) is 16.5 Å². The lowest BCUT2D eigenvalue weighted by atomic mass is 10.0. The Labute approximate surface area is 160 Å². The summed E-state index contributed by atoms with van der Waals surface area (Å²) >= 11 is 0. The van der Waals surface area contributed by atoms with Crippen molar-refractivity contribution in [2.24, 2.45) is 0 Å². The van der Waals surface area contributed by atoms with Gasteiger partial charge >= 0.3 is 0 Å². The highest BCUT2D eigenvalue weighted by molar-refractivity contribution is 6.12. The van der Waals surface area contributed by atoms with Gasteiger partial charge in [-0.3, -0.25) is 4.98 Å². The fourth-order valence-corrected chi connectivity index (χ4v) is 3.76. The zero-order valence-corrected chi connectivity index (χ0v) is 14.9. The van der Waals surface area contributed by atoms with E-state index in [-0.39, 0.29) is 0 Å². The van der Waals surface area contributed by atoms with Crippen molar-refractivity contribution in [2.45, 2.75) is 0 Å². The maximum Gasteiger partial charge on any atom is 0.181 e. The number of benzene rings is 3. The number of para-hydroxylation sites is 1. The molecule has 3 nitrogen and oxygen atoms in total. The topological polar surface area (TPSA) is 39.2 Å². The quantitative estimate of drug-likeness (QED) is 0.331. The molecule has 132 valence electrons. The smallest absolute Gasteiger partial charge is 0.181 e. The number of hydrogen-bond donors (Lipinski definition) is 0. The molecule has 3 heteroatoms. The van der Waals surface area contributed by atoms with Gasteiger partial charge in [0.1, 0.15) is 11.2 Å². The van der Waals surface area contributed by atoms with E-state index >= 15 is 0 Å². The van der Waals surface area contributed by atoms with Crippen molar-refractivity contribution in [2.75, 3.05) is 0 Å². The molecule has 0 spiro atoms. The summed E-state index contributed by atoms with van der Waals surface area (Å²) in [7, 11) is 0. The van der Waals surface area contributed by atoms with E-state index in [2.05, 4.69) is 35.3 Å². The molecule has 0 unspecified atom stereocenters. The maximum absolute atomic E-state index is 6.16. The van der Waals surface area contributed by atoms with Crippen LogP contribution in [0.3, 0.4) is 0 Å². The summed E-state index contributed by atoms with van der Waals surface area (Å²) in [6, 6.07) is 28.6. The number of pyridine rings is 1. The predicted molar refractivity (Wildman–Crippen MR) is 112 cm³/mol. The Morgan fingerprint density at radius 2 is 1.29 bits per heavy atom. The number of furan rings is 2. The molecule has 0 N–H and O–H groups in total. The van der Waals surface area contributed by atoms with Gasteiger partial charge in [-0.05, 0) is 47.5 Å². The monoisotopic (exact) mass is 361 g/mol. The van der Waals surface area contributed by atoms with E-state index < -0.39 is 0 Å². The molecule has 3 heterocycles. The van der Waals surface area contributed by atoms with E-state index in [1.165, 1.54) is 5.56 Å². The second-order valence-electron chi connectivity index (χ2n) is 6.87. The molecule has 0 aliphatic heterocycles. The van der Waals surface area contributed by atoms with Crippen LogP contribution in [-0.2, 0) is 0 Å². The molecule has 0 aliphatic carbocycles. The molecule has 0 atom stereocenters. The predicted octanol–water partition coefficient (Wildman–Crippen LogP) is 7.06. The maximum atomic E-state index is 6.16. The van der Waals surface area contributed by atoms with Crippen LogP contribution in [0.15, 0.2) is 100.0 Å². The van der Waals surface area contributed by atoms with Crippen LogP contribution in [0.5, 0.6) is 0 Å². The van der Waals surface area contributed by atoms with E-state index in [9.17, 15) is 0 Å². The van der Waals surface area contributed by atoms with E-state index in [0.717, 1.165) is 49.9 Å². The van der Waals surface area contributed by atoms with Crippen molar-refractivity contribution in [3.05, 3.63) is 91.1 Å². The number of fused-ring (bicyclic) bond motifs is 5. The minimum Gasteiger partial charge on any atom is -0.452 e. The SMILES string of the molecule is c1ccc(-c2ccnc(-c3ccc4c(c3)oc3c5ccccc5oc43)c2)cc1. The van der Waals surface area contributed by atoms with Gasteiger partial charge in [0.15, 0.2) is 11.2 Å². The minimum absolute atomic E-state index is 0.800. The molecular formula is C25H15NO2.